The summed E-state index contributed by atoms with van der Waals surface area (Å²) < 4.78 is 51.8. The number of alkyl halides is 2. The molecule has 0 saturated heterocycles. The fraction of sp³-hybridized carbons (Fsp3) is 0.364. The lowest BCUT2D eigenvalue weighted by Gasteiger charge is -2.15. The highest BCUT2D eigenvalue weighted by molar-refractivity contribution is 9.10. The minimum atomic E-state index is -4.10. The van der Waals surface area contributed by atoms with Crippen LogP contribution >= 0.6 is 28.3 Å². The van der Waals surface area contributed by atoms with Gasteiger partial charge in [0.25, 0.3) is 5.92 Å². The highest BCUT2D eigenvalue weighted by atomic mass is 79.9. The standard InChI is InChI=1S/C11H14BrF2N3O3S.ClH/c1-7(18)17-10-3-2-8(4-9(10)12)21(19,20)16-6-11(13,14)5-15;/h2-4,16H,5-6,15H2,1H3,(H,17,18);1H. The summed E-state index contributed by atoms with van der Waals surface area (Å²) in [6.07, 6.45) is 0. The third-order valence-electron chi connectivity index (χ3n) is 2.38. The number of carbonyl (C=O) groups excluding carboxylic acids is 1. The Hall–Kier alpha value is -0.810. The van der Waals surface area contributed by atoms with Crippen molar-refractivity contribution in [2.75, 3.05) is 18.4 Å². The molecule has 22 heavy (non-hydrogen) atoms. The van der Waals surface area contributed by atoms with E-state index in [1.165, 1.54) is 25.1 Å². The highest BCUT2D eigenvalue weighted by Crippen LogP contribution is 2.26. The quantitative estimate of drug-likeness (QED) is 0.649. The Morgan fingerprint density at radius 3 is 2.45 bits per heavy atom. The molecule has 11 heteroatoms. The van der Waals surface area contributed by atoms with Crippen molar-refractivity contribution < 1.29 is 22.0 Å². The minimum absolute atomic E-state index is 0. The highest BCUT2D eigenvalue weighted by Gasteiger charge is 2.29. The molecular weight excluding hydrogens is 408 g/mol. The van der Waals surface area contributed by atoms with Gasteiger partial charge in [-0.25, -0.2) is 21.9 Å². The Bertz CT molecular complexity index is 643. The molecule has 0 aliphatic rings. The number of sulfonamides is 1. The summed E-state index contributed by atoms with van der Waals surface area (Å²) in [5.74, 6) is -3.65. The molecule has 0 spiro atoms. The van der Waals surface area contributed by atoms with Crippen molar-refractivity contribution in [2.24, 2.45) is 5.73 Å². The number of benzene rings is 1. The van der Waals surface area contributed by atoms with Crippen molar-refractivity contribution in [3.63, 3.8) is 0 Å². The largest absolute Gasteiger partial charge is 0.325 e. The monoisotopic (exact) mass is 421 g/mol. The topological polar surface area (TPSA) is 101 Å². The number of nitrogens with two attached hydrogens (primary N) is 1. The predicted octanol–water partition coefficient (Wildman–Crippen LogP) is 1.70. The smallest absolute Gasteiger partial charge is 0.273 e. The first-order valence-electron chi connectivity index (χ1n) is 5.72. The molecule has 1 amide bonds. The average Bonchev–Trinajstić information content (AvgIpc) is 2.38. The van der Waals surface area contributed by atoms with E-state index in [4.69, 9.17) is 5.73 Å². The van der Waals surface area contributed by atoms with Gasteiger partial charge >= 0.3 is 0 Å². The number of hydrogen-bond donors (Lipinski definition) is 3. The Kier molecular flexibility index (Phi) is 7.86. The lowest BCUT2D eigenvalue weighted by atomic mass is 10.3. The Labute approximate surface area is 141 Å². The molecule has 0 heterocycles. The maximum atomic E-state index is 13.0. The van der Waals surface area contributed by atoms with Gasteiger partial charge in [-0.15, -0.1) is 12.4 Å². The molecule has 1 aromatic rings. The summed E-state index contributed by atoms with van der Waals surface area (Å²) >= 11 is 3.10. The number of rotatable bonds is 6. The molecular formula is C11H15BrClF2N3O3S. The van der Waals surface area contributed by atoms with E-state index in [-0.39, 0.29) is 23.2 Å². The number of anilines is 1. The molecule has 0 aromatic heterocycles. The molecule has 126 valence electrons. The molecule has 0 radical (unpaired) electrons. The molecule has 4 N–H and O–H groups in total. The van der Waals surface area contributed by atoms with Crippen LogP contribution in [0.25, 0.3) is 0 Å². The van der Waals surface area contributed by atoms with Crippen LogP contribution in [0.1, 0.15) is 6.92 Å². The molecule has 0 aliphatic heterocycles. The second-order valence-electron chi connectivity index (χ2n) is 4.21. The van der Waals surface area contributed by atoms with Gasteiger partial charge in [-0.1, -0.05) is 0 Å². The Balaban J connectivity index is 0.00000441. The average molecular weight is 423 g/mol. The van der Waals surface area contributed by atoms with Crippen LogP contribution < -0.4 is 15.8 Å². The van der Waals surface area contributed by atoms with E-state index in [9.17, 15) is 22.0 Å². The number of nitrogens with one attached hydrogen (secondary N) is 2. The van der Waals surface area contributed by atoms with Crippen LogP contribution in [0.2, 0.25) is 0 Å². The first-order chi connectivity index (χ1) is 9.57. The van der Waals surface area contributed by atoms with E-state index in [0.29, 0.717) is 10.2 Å². The van der Waals surface area contributed by atoms with Gasteiger partial charge in [0.1, 0.15) is 0 Å². The fourth-order valence-electron chi connectivity index (χ4n) is 1.31. The van der Waals surface area contributed by atoms with Crippen LogP contribution in [-0.4, -0.2) is 33.3 Å². The van der Waals surface area contributed by atoms with Crippen molar-refractivity contribution in [3.05, 3.63) is 22.7 Å². The van der Waals surface area contributed by atoms with Gasteiger partial charge in [0.2, 0.25) is 15.9 Å². The predicted molar refractivity (Wildman–Crippen MR) is 84.9 cm³/mol. The zero-order valence-corrected chi connectivity index (χ0v) is 14.6. The zero-order valence-electron chi connectivity index (χ0n) is 11.4. The molecule has 0 atom stereocenters. The van der Waals surface area contributed by atoms with Crippen LogP contribution in [0.3, 0.4) is 0 Å². The molecule has 0 saturated carbocycles. The first-order valence-corrected chi connectivity index (χ1v) is 8.00. The second-order valence-corrected chi connectivity index (χ2v) is 6.83. The van der Waals surface area contributed by atoms with E-state index >= 15 is 0 Å². The van der Waals surface area contributed by atoms with Gasteiger partial charge in [0.15, 0.2) is 0 Å². The van der Waals surface area contributed by atoms with Gasteiger partial charge in [0.05, 0.1) is 23.7 Å². The zero-order chi connectivity index (χ0) is 16.3. The summed E-state index contributed by atoms with van der Waals surface area (Å²) in [4.78, 5) is 10.7. The van der Waals surface area contributed by atoms with Crippen molar-refractivity contribution in [3.8, 4) is 0 Å². The molecule has 0 fully saturated rings. The molecule has 0 bridgehead atoms. The summed E-state index contributed by atoms with van der Waals surface area (Å²) in [7, 11) is -4.10. The first kappa shape index (κ1) is 21.2. The number of halogens is 4. The maximum absolute atomic E-state index is 13.0. The number of carbonyl (C=O) groups is 1. The van der Waals surface area contributed by atoms with Crippen molar-refractivity contribution in [1.82, 2.24) is 4.72 Å². The third-order valence-corrected chi connectivity index (χ3v) is 4.44. The van der Waals surface area contributed by atoms with Gasteiger partial charge < -0.3 is 11.1 Å². The van der Waals surface area contributed by atoms with Gasteiger partial charge in [0, 0.05) is 11.4 Å². The van der Waals surface area contributed by atoms with Crippen LogP contribution in [-0.2, 0) is 14.8 Å². The molecule has 1 aromatic carbocycles. The summed E-state index contributed by atoms with van der Waals surface area (Å²) in [5, 5.41) is 2.48. The van der Waals surface area contributed by atoms with E-state index in [2.05, 4.69) is 21.2 Å². The summed E-state index contributed by atoms with van der Waals surface area (Å²) in [6.45, 7) is -0.745. The second kappa shape index (κ2) is 8.16. The van der Waals surface area contributed by atoms with Crippen LogP contribution in [0.4, 0.5) is 14.5 Å². The molecule has 0 aliphatic carbocycles. The van der Waals surface area contributed by atoms with Gasteiger partial charge in [-0.2, -0.15) is 0 Å². The van der Waals surface area contributed by atoms with Crippen molar-refractivity contribution in [2.45, 2.75) is 17.7 Å². The number of hydrogen-bond acceptors (Lipinski definition) is 4. The summed E-state index contributed by atoms with van der Waals surface area (Å²) in [6, 6.07) is 3.74. The number of amides is 1. The lowest BCUT2D eigenvalue weighted by Crippen LogP contribution is -2.41. The van der Waals surface area contributed by atoms with Gasteiger partial charge in [-0.05, 0) is 34.1 Å². The van der Waals surface area contributed by atoms with Crippen molar-refractivity contribution >= 4 is 50.0 Å². The van der Waals surface area contributed by atoms with Crippen LogP contribution in [0, 0.1) is 0 Å². The van der Waals surface area contributed by atoms with E-state index in [1.807, 2.05) is 0 Å². The van der Waals surface area contributed by atoms with Crippen LogP contribution in [0.5, 0.6) is 0 Å². The van der Waals surface area contributed by atoms with E-state index < -0.39 is 29.0 Å². The van der Waals surface area contributed by atoms with E-state index in [1.54, 1.807) is 4.72 Å². The fourth-order valence-corrected chi connectivity index (χ4v) is 3.03. The maximum Gasteiger partial charge on any atom is 0.273 e. The normalized spacial score (nSPS) is 11.7. The van der Waals surface area contributed by atoms with Crippen LogP contribution in [0.15, 0.2) is 27.6 Å². The molecule has 6 nitrogen and oxygen atoms in total. The Morgan fingerprint density at radius 2 is 2.00 bits per heavy atom. The SMILES string of the molecule is CC(=O)Nc1ccc(S(=O)(=O)NCC(F)(F)CN)cc1Br.Cl. The molecule has 0 unspecified atom stereocenters. The lowest BCUT2D eigenvalue weighted by molar-refractivity contribution is -0.114. The van der Waals surface area contributed by atoms with Gasteiger partial charge in [-0.3, -0.25) is 4.79 Å². The summed E-state index contributed by atoms with van der Waals surface area (Å²) in [5.41, 5.74) is 5.20. The molecule has 1 rings (SSSR count). The Morgan fingerprint density at radius 1 is 1.41 bits per heavy atom. The third kappa shape index (κ3) is 6.13. The van der Waals surface area contributed by atoms with E-state index in [0.717, 1.165) is 0 Å². The minimum Gasteiger partial charge on any atom is -0.325 e. The van der Waals surface area contributed by atoms with Crippen molar-refractivity contribution in [1.29, 1.82) is 0 Å².